The normalized spacial score (nSPS) is 11.6. The molecular formula is C35H67NO18. The smallest absolute Gasteiger partial charge is 0.329 e. The lowest BCUT2D eigenvalue weighted by atomic mass is 10.2. The Morgan fingerprint density at radius 1 is 0.407 bits per heavy atom. The maximum absolute atomic E-state index is 11.6. The Balaban J connectivity index is 3.13. The van der Waals surface area contributed by atoms with Gasteiger partial charge in [0, 0.05) is 6.54 Å². The van der Waals surface area contributed by atoms with Crippen LogP contribution in [0.4, 0.5) is 0 Å². The topological polar surface area (TPSA) is 213 Å². The molecule has 0 aliphatic carbocycles. The number of rotatable bonds is 43. The fourth-order valence-corrected chi connectivity index (χ4v) is 3.61. The second-order valence-electron chi connectivity index (χ2n) is 11.9. The maximum Gasteiger partial charge on any atom is 0.329 e. The summed E-state index contributed by atoms with van der Waals surface area (Å²) in [4.78, 5) is 33.2. The van der Waals surface area contributed by atoms with Crippen LogP contribution in [0, 0.1) is 0 Å². The van der Waals surface area contributed by atoms with Gasteiger partial charge < -0.3 is 76.7 Å². The zero-order valence-corrected chi connectivity index (χ0v) is 32.7. The molecule has 0 atom stereocenters. The van der Waals surface area contributed by atoms with Crippen molar-refractivity contribution in [1.29, 1.82) is 0 Å². The highest BCUT2D eigenvalue weighted by molar-refractivity contribution is 5.77. The molecular weight excluding hydrogens is 722 g/mol. The predicted octanol–water partition coefficient (Wildman–Crippen LogP) is 0.135. The number of hydrogen-bond acceptors (Lipinski definition) is 17. The fraction of sp³-hybridized carbons (Fsp3) is 0.914. The summed E-state index contributed by atoms with van der Waals surface area (Å²) in [6, 6.07) is 0. The molecule has 0 heterocycles. The highest BCUT2D eigenvalue weighted by Crippen LogP contribution is 2.08. The molecule has 0 aromatic carbocycles. The third-order valence-electron chi connectivity index (χ3n) is 5.99. The number of aliphatic carboxylic acids is 1. The van der Waals surface area contributed by atoms with Gasteiger partial charge >= 0.3 is 11.9 Å². The van der Waals surface area contributed by atoms with E-state index in [1.54, 1.807) is 0 Å². The third kappa shape index (κ3) is 46.0. The average molecular weight is 790 g/mol. The van der Waals surface area contributed by atoms with Crippen LogP contribution in [0.1, 0.15) is 27.2 Å². The minimum atomic E-state index is -1.13. The molecule has 320 valence electrons. The fourth-order valence-electron chi connectivity index (χ4n) is 3.61. The summed E-state index contributed by atoms with van der Waals surface area (Å²) < 4.78 is 75.1. The summed E-state index contributed by atoms with van der Waals surface area (Å²) >= 11 is 0. The lowest BCUT2D eigenvalue weighted by molar-refractivity contribution is -0.156. The van der Waals surface area contributed by atoms with E-state index < -0.39 is 24.1 Å². The minimum Gasteiger partial charge on any atom is -0.480 e. The van der Waals surface area contributed by atoms with E-state index in [-0.39, 0.29) is 19.0 Å². The van der Waals surface area contributed by atoms with Crippen LogP contribution < -0.4 is 5.32 Å². The van der Waals surface area contributed by atoms with Crippen LogP contribution in [-0.2, 0) is 80.7 Å². The summed E-state index contributed by atoms with van der Waals surface area (Å²) in [5, 5.41) is 11.0. The van der Waals surface area contributed by atoms with Gasteiger partial charge in [0.25, 0.3) is 0 Å². The lowest BCUT2D eigenvalue weighted by Gasteiger charge is -2.19. The Bertz CT molecular complexity index is 848. The van der Waals surface area contributed by atoms with Crippen LogP contribution in [-0.4, -0.2) is 207 Å². The number of nitrogens with one attached hydrogen (secondary N) is 1. The first-order valence-electron chi connectivity index (χ1n) is 18.4. The van der Waals surface area contributed by atoms with E-state index in [1.165, 1.54) is 0 Å². The van der Waals surface area contributed by atoms with Crippen LogP contribution >= 0.6 is 0 Å². The van der Waals surface area contributed by atoms with Gasteiger partial charge in [0.1, 0.15) is 18.8 Å². The number of ether oxygens (including phenoxy) is 14. The molecule has 0 rings (SSSR count). The number of carboxylic acid groups (broad SMARTS) is 1. The van der Waals surface area contributed by atoms with Crippen molar-refractivity contribution in [2.75, 3.05) is 178 Å². The molecule has 0 aromatic heterocycles. The van der Waals surface area contributed by atoms with Gasteiger partial charge in [0.05, 0.1) is 165 Å². The Kier molecular flexibility index (Phi) is 39.0. The summed E-state index contributed by atoms with van der Waals surface area (Å²) in [5.74, 6) is -1.80. The SMILES string of the molecule is CC(C)(C)OC(=O)CCOCCOCCOCCOCCOCCOCCOCCOCCOCCOCCOCCOCCNC(=O)COCC(=O)O. The predicted molar refractivity (Wildman–Crippen MR) is 192 cm³/mol. The van der Waals surface area contributed by atoms with Crippen molar-refractivity contribution in [3.63, 3.8) is 0 Å². The third-order valence-corrected chi connectivity index (χ3v) is 5.99. The van der Waals surface area contributed by atoms with Crippen molar-refractivity contribution < 1.29 is 85.8 Å². The Hall–Kier alpha value is -2.11. The molecule has 0 saturated carbocycles. The van der Waals surface area contributed by atoms with Crippen LogP contribution in [0.3, 0.4) is 0 Å². The number of hydrogen-bond donors (Lipinski definition) is 2. The van der Waals surface area contributed by atoms with Gasteiger partial charge in [0.2, 0.25) is 5.91 Å². The van der Waals surface area contributed by atoms with E-state index in [0.717, 1.165) is 0 Å². The molecule has 2 N–H and O–H groups in total. The van der Waals surface area contributed by atoms with Gasteiger partial charge in [-0.15, -0.1) is 0 Å². The highest BCUT2D eigenvalue weighted by Gasteiger charge is 2.15. The molecule has 0 fully saturated rings. The Morgan fingerprint density at radius 2 is 0.685 bits per heavy atom. The van der Waals surface area contributed by atoms with Crippen LogP contribution in [0.25, 0.3) is 0 Å². The number of amides is 1. The van der Waals surface area contributed by atoms with Crippen LogP contribution in [0.2, 0.25) is 0 Å². The number of carbonyl (C=O) groups is 3. The van der Waals surface area contributed by atoms with Crippen molar-refractivity contribution >= 4 is 17.8 Å². The summed E-state index contributed by atoms with van der Waals surface area (Å²) in [6.45, 7) is 15.5. The highest BCUT2D eigenvalue weighted by atomic mass is 16.6. The van der Waals surface area contributed by atoms with E-state index in [9.17, 15) is 14.4 Å². The number of carboxylic acids is 1. The summed E-state index contributed by atoms with van der Waals surface area (Å²) in [7, 11) is 0. The van der Waals surface area contributed by atoms with Crippen LogP contribution in [0.15, 0.2) is 0 Å². The molecule has 0 bridgehead atoms. The van der Waals surface area contributed by atoms with Gasteiger partial charge in [-0.3, -0.25) is 9.59 Å². The molecule has 0 aliphatic rings. The Morgan fingerprint density at radius 3 is 0.963 bits per heavy atom. The van der Waals surface area contributed by atoms with Crippen molar-refractivity contribution in [1.82, 2.24) is 5.32 Å². The number of esters is 1. The Labute approximate surface area is 320 Å². The molecule has 1 amide bonds. The quantitative estimate of drug-likeness (QED) is 0.0621. The van der Waals surface area contributed by atoms with Gasteiger partial charge in [-0.2, -0.15) is 0 Å². The molecule has 0 aromatic rings. The van der Waals surface area contributed by atoms with E-state index in [1.807, 2.05) is 20.8 Å². The van der Waals surface area contributed by atoms with Gasteiger partial charge in [-0.25, -0.2) is 4.79 Å². The average Bonchev–Trinajstić information content (AvgIpc) is 3.11. The lowest BCUT2D eigenvalue weighted by Crippen LogP contribution is -2.31. The molecule has 54 heavy (non-hydrogen) atoms. The van der Waals surface area contributed by atoms with E-state index in [2.05, 4.69) is 10.1 Å². The first-order valence-corrected chi connectivity index (χ1v) is 18.4. The zero-order valence-electron chi connectivity index (χ0n) is 32.7. The van der Waals surface area contributed by atoms with E-state index in [0.29, 0.717) is 165 Å². The second-order valence-corrected chi connectivity index (χ2v) is 11.9. The first kappa shape index (κ1) is 51.9. The van der Waals surface area contributed by atoms with Gasteiger partial charge in [-0.1, -0.05) is 0 Å². The maximum atomic E-state index is 11.6. The first-order chi connectivity index (χ1) is 26.2. The molecule has 0 aliphatic heterocycles. The van der Waals surface area contributed by atoms with Gasteiger partial charge in [0.15, 0.2) is 0 Å². The molecule has 0 saturated heterocycles. The molecule has 19 heteroatoms. The van der Waals surface area contributed by atoms with Crippen LogP contribution in [0.5, 0.6) is 0 Å². The van der Waals surface area contributed by atoms with E-state index in [4.69, 9.17) is 66.7 Å². The summed E-state index contributed by atoms with van der Waals surface area (Å²) in [5.41, 5.74) is -0.482. The minimum absolute atomic E-state index is 0.223. The second kappa shape index (κ2) is 40.6. The molecule has 0 spiro atoms. The summed E-state index contributed by atoms with van der Waals surface area (Å²) in [6.07, 6.45) is 0.223. The van der Waals surface area contributed by atoms with Crippen molar-refractivity contribution in [3.05, 3.63) is 0 Å². The monoisotopic (exact) mass is 789 g/mol. The van der Waals surface area contributed by atoms with Crippen molar-refractivity contribution in [3.8, 4) is 0 Å². The zero-order chi connectivity index (χ0) is 39.6. The van der Waals surface area contributed by atoms with Gasteiger partial charge in [-0.05, 0) is 20.8 Å². The molecule has 0 radical (unpaired) electrons. The molecule has 0 unspecified atom stereocenters. The van der Waals surface area contributed by atoms with Crippen molar-refractivity contribution in [2.24, 2.45) is 0 Å². The van der Waals surface area contributed by atoms with E-state index >= 15 is 0 Å². The molecule has 19 nitrogen and oxygen atoms in total. The number of carbonyl (C=O) groups excluding carboxylic acids is 2. The van der Waals surface area contributed by atoms with Crippen molar-refractivity contribution in [2.45, 2.75) is 32.8 Å². The standard InChI is InChI=1S/C35H67NO18/c1-35(2,3)54-34(40)4-6-41-8-10-43-12-14-45-16-18-47-20-22-49-24-26-51-28-29-52-27-25-50-23-21-48-19-17-46-15-13-44-11-9-42-7-5-36-32(37)30-53-31-33(38)39/h4-31H2,1-3H3,(H,36,37)(H,38,39). The largest absolute Gasteiger partial charge is 0.480 e.